The molecular weight excluding hydrogens is 367 g/mol. The third-order valence-electron chi connectivity index (χ3n) is 3.08. The summed E-state index contributed by atoms with van der Waals surface area (Å²) in [4.78, 5) is 19.3. The van der Waals surface area contributed by atoms with Gasteiger partial charge in [0.05, 0.1) is 9.26 Å². The molecular formula is C15H13IN2O2. The molecule has 0 radical (unpaired) electrons. The first kappa shape index (κ1) is 13.4. The number of para-hydroxylation sites is 1. The highest BCUT2D eigenvalue weighted by Crippen LogP contribution is 2.25. The first-order chi connectivity index (χ1) is 9.69. The van der Waals surface area contributed by atoms with Gasteiger partial charge < -0.3 is 9.40 Å². The number of aromatic amines is 1. The standard InChI is InChI=1S/C15H13IN2O2/c1-2-5-10-13(16)15(19)18-14(17-10)12-8-9-6-3-4-7-11(9)20-12/h3-4,6-8H,2,5H2,1H3,(H,17,18,19). The van der Waals surface area contributed by atoms with Crippen LogP contribution < -0.4 is 5.56 Å². The molecule has 1 N–H and O–H groups in total. The first-order valence-electron chi connectivity index (χ1n) is 6.46. The number of nitrogens with one attached hydrogen (secondary N) is 1. The monoisotopic (exact) mass is 380 g/mol. The summed E-state index contributed by atoms with van der Waals surface area (Å²) in [6.45, 7) is 2.07. The molecule has 102 valence electrons. The second kappa shape index (κ2) is 5.40. The first-order valence-corrected chi connectivity index (χ1v) is 7.54. The number of aromatic nitrogens is 2. The van der Waals surface area contributed by atoms with Crippen LogP contribution in [-0.2, 0) is 6.42 Å². The van der Waals surface area contributed by atoms with Gasteiger partial charge >= 0.3 is 0 Å². The van der Waals surface area contributed by atoms with E-state index in [1.165, 1.54) is 0 Å². The van der Waals surface area contributed by atoms with Crippen LogP contribution in [0.5, 0.6) is 0 Å². The molecule has 0 fully saturated rings. The van der Waals surface area contributed by atoms with Crippen molar-refractivity contribution in [1.29, 1.82) is 0 Å². The molecule has 0 aliphatic rings. The summed E-state index contributed by atoms with van der Waals surface area (Å²) in [5, 5.41) is 1.00. The number of hydrogen-bond donors (Lipinski definition) is 1. The average Bonchev–Trinajstić information content (AvgIpc) is 2.87. The van der Waals surface area contributed by atoms with E-state index in [-0.39, 0.29) is 5.56 Å². The number of nitrogens with zero attached hydrogens (tertiary/aromatic N) is 1. The molecule has 1 aromatic carbocycles. The second-order valence-corrected chi connectivity index (χ2v) is 5.65. The minimum absolute atomic E-state index is 0.112. The lowest BCUT2D eigenvalue weighted by Gasteiger charge is -2.03. The molecule has 2 heterocycles. The lowest BCUT2D eigenvalue weighted by atomic mass is 10.2. The van der Waals surface area contributed by atoms with Crippen molar-refractivity contribution in [3.8, 4) is 11.6 Å². The summed E-state index contributed by atoms with van der Waals surface area (Å²) >= 11 is 2.04. The van der Waals surface area contributed by atoms with Crippen LogP contribution in [0.3, 0.4) is 0 Å². The van der Waals surface area contributed by atoms with Crippen LogP contribution in [0.4, 0.5) is 0 Å². The SMILES string of the molecule is CCCc1nc(-c2cc3ccccc3o2)[nH]c(=O)c1I. The molecule has 3 rings (SSSR count). The molecule has 3 aromatic rings. The molecule has 20 heavy (non-hydrogen) atoms. The summed E-state index contributed by atoms with van der Waals surface area (Å²) < 4.78 is 6.40. The molecule has 0 aliphatic carbocycles. The Morgan fingerprint density at radius 3 is 2.90 bits per heavy atom. The Morgan fingerprint density at radius 1 is 1.35 bits per heavy atom. The average molecular weight is 380 g/mol. The maximum Gasteiger partial charge on any atom is 0.264 e. The molecule has 4 nitrogen and oxygen atoms in total. The molecule has 0 saturated heterocycles. The Balaban J connectivity index is 2.16. The van der Waals surface area contributed by atoms with Gasteiger partial charge in [0.1, 0.15) is 5.58 Å². The van der Waals surface area contributed by atoms with Gasteiger partial charge in [0.2, 0.25) is 0 Å². The molecule has 0 unspecified atom stereocenters. The van der Waals surface area contributed by atoms with Crippen LogP contribution in [0.15, 0.2) is 39.5 Å². The predicted molar refractivity (Wildman–Crippen MR) is 86.8 cm³/mol. The van der Waals surface area contributed by atoms with Crippen molar-refractivity contribution in [2.75, 3.05) is 0 Å². The highest BCUT2D eigenvalue weighted by molar-refractivity contribution is 14.1. The van der Waals surface area contributed by atoms with Gasteiger partial charge in [0, 0.05) is 5.39 Å². The Bertz CT molecular complexity index is 787. The Kier molecular flexibility index (Phi) is 3.60. The van der Waals surface area contributed by atoms with Crippen LogP contribution in [0.25, 0.3) is 22.6 Å². The Morgan fingerprint density at radius 2 is 2.15 bits per heavy atom. The number of H-pyrrole nitrogens is 1. The van der Waals surface area contributed by atoms with Gasteiger partial charge in [-0.15, -0.1) is 0 Å². The molecule has 5 heteroatoms. The molecule has 0 saturated carbocycles. The minimum Gasteiger partial charge on any atom is -0.453 e. The Labute approximate surface area is 129 Å². The van der Waals surface area contributed by atoms with E-state index < -0.39 is 0 Å². The van der Waals surface area contributed by atoms with Crippen molar-refractivity contribution < 1.29 is 4.42 Å². The third-order valence-corrected chi connectivity index (χ3v) is 4.19. The van der Waals surface area contributed by atoms with Crippen molar-refractivity contribution in [3.63, 3.8) is 0 Å². The van der Waals surface area contributed by atoms with E-state index >= 15 is 0 Å². The van der Waals surface area contributed by atoms with E-state index in [0.29, 0.717) is 15.2 Å². The lowest BCUT2D eigenvalue weighted by Crippen LogP contribution is -2.16. The normalized spacial score (nSPS) is 11.1. The lowest BCUT2D eigenvalue weighted by molar-refractivity contribution is 0.623. The van der Waals surface area contributed by atoms with Crippen LogP contribution in [-0.4, -0.2) is 9.97 Å². The van der Waals surface area contributed by atoms with Gasteiger partial charge in [-0.1, -0.05) is 31.5 Å². The number of benzene rings is 1. The van der Waals surface area contributed by atoms with Gasteiger partial charge in [0.25, 0.3) is 5.56 Å². The van der Waals surface area contributed by atoms with E-state index in [2.05, 4.69) is 16.9 Å². The van der Waals surface area contributed by atoms with Gasteiger partial charge in [-0.3, -0.25) is 4.79 Å². The zero-order valence-electron chi connectivity index (χ0n) is 10.9. The Hall–Kier alpha value is -1.63. The smallest absolute Gasteiger partial charge is 0.264 e. The second-order valence-electron chi connectivity index (χ2n) is 4.57. The summed E-state index contributed by atoms with van der Waals surface area (Å²) in [7, 11) is 0. The van der Waals surface area contributed by atoms with Crippen molar-refractivity contribution in [3.05, 3.63) is 49.9 Å². The van der Waals surface area contributed by atoms with Gasteiger partial charge in [0.15, 0.2) is 11.6 Å². The van der Waals surface area contributed by atoms with E-state index in [9.17, 15) is 4.79 Å². The van der Waals surface area contributed by atoms with Gasteiger partial charge in [-0.2, -0.15) is 0 Å². The maximum atomic E-state index is 12.0. The van der Waals surface area contributed by atoms with E-state index in [1.807, 2.05) is 52.9 Å². The fourth-order valence-electron chi connectivity index (χ4n) is 2.12. The van der Waals surface area contributed by atoms with Crippen molar-refractivity contribution in [1.82, 2.24) is 9.97 Å². The van der Waals surface area contributed by atoms with Crippen molar-refractivity contribution >= 4 is 33.6 Å². The van der Waals surface area contributed by atoms with E-state index in [0.717, 1.165) is 29.5 Å². The van der Waals surface area contributed by atoms with Crippen LogP contribution in [0.1, 0.15) is 19.0 Å². The minimum atomic E-state index is -0.112. The van der Waals surface area contributed by atoms with Crippen LogP contribution in [0, 0.1) is 3.57 Å². The summed E-state index contributed by atoms with van der Waals surface area (Å²) in [6, 6.07) is 9.64. The number of aryl methyl sites for hydroxylation is 1. The van der Waals surface area contributed by atoms with Crippen LogP contribution in [0.2, 0.25) is 0 Å². The molecule has 2 aromatic heterocycles. The fraction of sp³-hybridized carbons (Fsp3) is 0.200. The van der Waals surface area contributed by atoms with Gasteiger partial charge in [-0.05, 0) is 41.1 Å². The summed E-state index contributed by atoms with van der Waals surface area (Å²) in [6.07, 6.45) is 1.74. The zero-order chi connectivity index (χ0) is 14.1. The molecule has 0 spiro atoms. The highest BCUT2D eigenvalue weighted by atomic mass is 127. The fourth-order valence-corrected chi connectivity index (χ4v) is 2.65. The zero-order valence-corrected chi connectivity index (χ0v) is 13.1. The topological polar surface area (TPSA) is 58.9 Å². The number of halogens is 1. The predicted octanol–water partition coefficient (Wildman–Crippen LogP) is 3.74. The summed E-state index contributed by atoms with van der Waals surface area (Å²) in [5.41, 5.74) is 1.51. The molecule has 0 atom stereocenters. The number of fused-ring (bicyclic) bond motifs is 1. The summed E-state index contributed by atoms with van der Waals surface area (Å²) in [5.74, 6) is 1.09. The largest absolute Gasteiger partial charge is 0.453 e. The molecule has 0 aliphatic heterocycles. The number of furan rings is 1. The number of rotatable bonds is 3. The van der Waals surface area contributed by atoms with Crippen molar-refractivity contribution in [2.24, 2.45) is 0 Å². The van der Waals surface area contributed by atoms with E-state index in [4.69, 9.17) is 4.42 Å². The van der Waals surface area contributed by atoms with E-state index in [1.54, 1.807) is 0 Å². The quantitative estimate of drug-likeness (QED) is 0.705. The van der Waals surface area contributed by atoms with Crippen LogP contribution >= 0.6 is 22.6 Å². The van der Waals surface area contributed by atoms with Crippen molar-refractivity contribution in [2.45, 2.75) is 19.8 Å². The molecule has 0 bridgehead atoms. The molecule has 0 amide bonds. The maximum absolute atomic E-state index is 12.0. The third kappa shape index (κ3) is 2.37. The van der Waals surface area contributed by atoms with Gasteiger partial charge in [-0.25, -0.2) is 4.98 Å². The highest BCUT2D eigenvalue weighted by Gasteiger charge is 2.13. The number of hydrogen-bond acceptors (Lipinski definition) is 3.